The van der Waals surface area contributed by atoms with Gasteiger partial charge in [-0.15, -0.1) is 0 Å². The molecule has 0 heterocycles. The normalized spacial score (nSPS) is 18.6. The molecule has 9 nitrogen and oxygen atoms in total. The van der Waals surface area contributed by atoms with E-state index in [1.807, 2.05) is 18.2 Å². The van der Waals surface area contributed by atoms with E-state index in [9.17, 15) is 18.5 Å². The van der Waals surface area contributed by atoms with Gasteiger partial charge in [0.2, 0.25) is 10.0 Å². The van der Waals surface area contributed by atoms with E-state index < -0.39 is 20.6 Å². The lowest BCUT2D eigenvalue weighted by molar-refractivity contribution is -0.387. The van der Waals surface area contributed by atoms with Crippen LogP contribution in [0, 0.1) is 22.0 Å². The van der Waals surface area contributed by atoms with Gasteiger partial charge in [-0.1, -0.05) is 18.2 Å². The fourth-order valence-corrected chi connectivity index (χ4v) is 5.48. The minimum Gasteiger partial charge on any atom is -0.493 e. The Kier molecular flexibility index (Phi) is 8.65. The highest BCUT2D eigenvalue weighted by atomic mass is 32.2. The molecular weight excluding hydrogens is 446 g/mol. The average molecular weight is 478 g/mol. The third-order valence-corrected chi connectivity index (χ3v) is 7.56. The molecule has 2 N–H and O–H groups in total. The van der Waals surface area contributed by atoms with E-state index in [1.54, 1.807) is 14.2 Å². The molecule has 0 aromatic heterocycles. The Balaban J connectivity index is 1.43. The number of hydrogen-bond acceptors (Lipinski definition) is 7. The second kappa shape index (κ2) is 11.4. The number of nitrogens with zero attached hydrogens (tertiary/aromatic N) is 1. The van der Waals surface area contributed by atoms with Crippen molar-refractivity contribution in [3.05, 3.63) is 58.1 Å². The summed E-state index contributed by atoms with van der Waals surface area (Å²) in [4.78, 5) is 10.2. The maximum Gasteiger partial charge on any atom is 0.289 e. The lowest BCUT2D eigenvalue weighted by atomic mass is 9.82. The van der Waals surface area contributed by atoms with Gasteiger partial charge >= 0.3 is 0 Å². The largest absolute Gasteiger partial charge is 0.493 e. The number of nitrogens with one attached hydrogen (secondary N) is 2. The Morgan fingerprint density at radius 3 is 2.24 bits per heavy atom. The summed E-state index contributed by atoms with van der Waals surface area (Å²) >= 11 is 0. The molecule has 1 aliphatic rings. The van der Waals surface area contributed by atoms with Crippen LogP contribution < -0.4 is 19.5 Å². The fourth-order valence-electron chi connectivity index (χ4n) is 4.19. The van der Waals surface area contributed by atoms with E-state index in [1.165, 1.54) is 24.3 Å². The highest BCUT2D eigenvalue weighted by Crippen LogP contribution is 2.30. The first-order valence-corrected chi connectivity index (χ1v) is 12.5. The molecule has 1 saturated carbocycles. The Bertz CT molecular complexity index is 1050. The Labute approximate surface area is 194 Å². The molecule has 180 valence electrons. The van der Waals surface area contributed by atoms with Gasteiger partial charge in [0.25, 0.3) is 5.69 Å². The van der Waals surface area contributed by atoms with Crippen molar-refractivity contribution in [3.63, 3.8) is 0 Å². The summed E-state index contributed by atoms with van der Waals surface area (Å²) in [5.41, 5.74) is 0.708. The zero-order chi connectivity index (χ0) is 23.8. The van der Waals surface area contributed by atoms with Gasteiger partial charge in [-0.05, 0) is 67.8 Å². The van der Waals surface area contributed by atoms with Crippen molar-refractivity contribution in [2.75, 3.05) is 27.3 Å². The van der Waals surface area contributed by atoms with Crippen molar-refractivity contribution in [2.24, 2.45) is 11.8 Å². The maximum atomic E-state index is 12.6. The molecule has 3 rings (SSSR count). The summed E-state index contributed by atoms with van der Waals surface area (Å²) in [7, 11) is -0.694. The molecule has 0 radical (unpaired) electrons. The van der Waals surface area contributed by atoms with Crippen LogP contribution in [0.25, 0.3) is 0 Å². The zero-order valence-electron chi connectivity index (χ0n) is 19.0. The lowest BCUT2D eigenvalue weighted by Crippen LogP contribution is -2.33. The smallest absolute Gasteiger partial charge is 0.289 e. The summed E-state index contributed by atoms with van der Waals surface area (Å²) in [5.74, 6) is 2.18. The zero-order valence-corrected chi connectivity index (χ0v) is 19.8. The number of nitro groups is 1. The molecule has 2 aromatic rings. The predicted octanol–water partition coefficient (Wildman–Crippen LogP) is 3.49. The predicted molar refractivity (Wildman–Crippen MR) is 125 cm³/mol. The number of ether oxygens (including phenoxy) is 2. The van der Waals surface area contributed by atoms with E-state index >= 15 is 0 Å². The van der Waals surface area contributed by atoms with Crippen LogP contribution in [0.4, 0.5) is 5.69 Å². The van der Waals surface area contributed by atoms with E-state index in [4.69, 9.17) is 9.47 Å². The number of hydrogen-bond donors (Lipinski definition) is 2. The molecule has 1 fully saturated rings. The van der Waals surface area contributed by atoms with Crippen LogP contribution in [0.5, 0.6) is 11.5 Å². The number of para-hydroxylation sites is 1. The lowest BCUT2D eigenvalue weighted by Gasteiger charge is -2.28. The molecule has 0 spiro atoms. The van der Waals surface area contributed by atoms with Crippen LogP contribution in [0.1, 0.15) is 31.2 Å². The fraction of sp³-hybridized carbons (Fsp3) is 0.478. The summed E-state index contributed by atoms with van der Waals surface area (Å²) in [6.45, 7) is 1.92. The van der Waals surface area contributed by atoms with Gasteiger partial charge in [0.1, 0.15) is 0 Å². The van der Waals surface area contributed by atoms with Gasteiger partial charge in [-0.3, -0.25) is 10.1 Å². The Morgan fingerprint density at radius 2 is 1.61 bits per heavy atom. The van der Waals surface area contributed by atoms with Crippen molar-refractivity contribution in [3.8, 4) is 11.5 Å². The first-order valence-electron chi connectivity index (χ1n) is 11.0. The summed E-state index contributed by atoms with van der Waals surface area (Å²) in [5, 5.41) is 14.6. The van der Waals surface area contributed by atoms with Crippen molar-refractivity contribution in [2.45, 2.75) is 37.1 Å². The van der Waals surface area contributed by atoms with Crippen LogP contribution in [0.2, 0.25) is 0 Å². The van der Waals surface area contributed by atoms with Gasteiger partial charge in [-0.25, -0.2) is 13.1 Å². The summed E-state index contributed by atoms with van der Waals surface area (Å²) in [6, 6.07) is 11.3. The van der Waals surface area contributed by atoms with Gasteiger partial charge in [0, 0.05) is 19.2 Å². The van der Waals surface area contributed by atoms with Crippen LogP contribution in [0.15, 0.2) is 47.4 Å². The third kappa shape index (κ3) is 6.66. The number of methoxy groups -OCH3 is 2. The third-order valence-electron chi connectivity index (χ3n) is 6.09. The van der Waals surface area contributed by atoms with Crippen LogP contribution >= 0.6 is 0 Å². The number of nitro benzene ring substituents is 1. The van der Waals surface area contributed by atoms with Crippen LogP contribution in [-0.4, -0.2) is 40.7 Å². The molecule has 0 bridgehead atoms. The van der Waals surface area contributed by atoms with Gasteiger partial charge in [-0.2, -0.15) is 0 Å². The summed E-state index contributed by atoms with van der Waals surface area (Å²) in [6.07, 6.45) is 3.86. The number of rotatable bonds is 11. The monoisotopic (exact) mass is 477 g/mol. The molecule has 0 saturated heterocycles. The van der Waals surface area contributed by atoms with Gasteiger partial charge in [0.05, 0.1) is 19.1 Å². The average Bonchev–Trinajstić information content (AvgIpc) is 2.83. The topological polar surface area (TPSA) is 120 Å². The van der Waals surface area contributed by atoms with Crippen molar-refractivity contribution >= 4 is 15.7 Å². The second-order valence-corrected chi connectivity index (χ2v) is 10.0. The van der Waals surface area contributed by atoms with E-state index in [0.717, 1.165) is 44.3 Å². The molecule has 0 amide bonds. The summed E-state index contributed by atoms with van der Waals surface area (Å²) < 4.78 is 38.3. The highest BCUT2D eigenvalue weighted by Gasteiger charge is 2.27. The second-order valence-electron chi connectivity index (χ2n) is 8.28. The number of sulfonamides is 1. The molecule has 0 atom stereocenters. The molecule has 0 aliphatic heterocycles. The molecule has 2 aromatic carbocycles. The standard InChI is InChI=1S/C23H31N3O6S/c1-31-21-12-11-19(13-22(21)32-2)15-24-14-17-7-9-18(10-8-17)16-25-33(29,30)23-6-4-3-5-20(23)26(27)28/h3-6,11-13,17-18,24-25H,7-10,14-16H2,1-2H3. The quantitative estimate of drug-likeness (QED) is 0.375. The minimum absolute atomic E-state index is 0.227. The number of benzene rings is 2. The van der Waals surface area contributed by atoms with Crippen molar-refractivity contribution in [1.82, 2.24) is 10.0 Å². The molecule has 0 unspecified atom stereocenters. The molecule has 1 aliphatic carbocycles. The first kappa shape index (κ1) is 24.9. The van der Waals surface area contributed by atoms with Crippen molar-refractivity contribution < 1.29 is 22.8 Å². The highest BCUT2D eigenvalue weighted by molar-refractivity contribution is 7.89. The van der Waals surface area contributed by atoms with Gasteiger partial charge in [0.15, 0.2) is 16.4 Å². The molecule has 33 heavy (non-hydrogen) atoms. The van der Waals surface area contributed by atoms with E-state index in [2.05, 4.69) is 10.0 Å². The SMILES string of the molecule is COc1ccc(CNCC2CCC(CNS(=O)(=O)c3ccccc3[N+](=O)[O-])CC2)cc1OC. The maximum absolute atomic E-state index is 12.6. The minimum atomic E-state index is -3.93. The first-order chi connectivity index (χ1) is 15.8. The van der Waals surface area contributed by atoms with Crippen LogP contribution in [-0.2, 0) is 16.6 Å². The van der Waals surface area contributed by atoms with Crippen LogP contribution in [0.3, 0.4) is 0 Å². The Morgan fingerprint density at radius 1 is 0.970 bits per heavy atom. The van der Waals surface area contributed by atoms with E-state index in [-0.39, 0.29) is 10.8 Å². The van der Waals surface area contributed by atoms with Gasteiger partial charge < -0.3 is 14.8 Å². The van der Waals surface area contributed by atoms with Crippen molar-refractivity contribution in [1.29, 1.82) is 0 Å². The molecule has 10 heteroatoms. The Hall–Kier alpha value is -2.69. The molecular formula is C23H31N3O6S. The van der Waals surface area contributed by atoms with E-state index in [0.29, 0.717) is 24.0 Å².